The average molecular weight is 460 g/mol. The summed E-state index contributed by atoms with van der Waals surface area (Å²) in [5, 5.41) is 0. The maximum absolute atomic E-state index is 4.95. The van der Waals surface area contributed by atoms with Crippen LogP contribution in [0.25, 0.3) is 0 Å². The Morgan fingerprint density at radius 3 is 1.44 bits per heavy atom. The summed E-state index contributed by atoms with van der Waals surface area (Å²) in [5.74, 6) is 0. The van der Waals surface area contributed by atoms with Crippen molar-refractivity contribution >= 4 is 24.7 Å². The van der Waals surface area contributed by atoms with Gasteiger partial charge in [0.1, 0.15) is 0 Å². The number of rotatable bonds is 1. The van der Waals surface area contributed by atoms with Crippen molar-refractivity contribution in [3.63, 3.8) is 0 Å². The van der Waals surface area contributed by atoms with Crippen molar-refractivity contribution in [2.24, 2.45) is 0 Å². The Balaban J connectivity index is -0.0000000133. The molecule has 9 heavy (non-hydrogen) atoms. The summed E-state index contributed by atoms with van der Waals surface area (Å²) in [6.07, 6.45) is 3.37. The summed E-state index contributed by atoms with van der Waals surface area (Å²) in [5.41, 5.74) is 0. The van der Waals surface area contributed by atoms with Crippen LogP contribution in [-0.4, -0.2) is 24.7 Å². The van der Waals surface area contributed by atoms with Gasteiger partial charge in [0.25, 0.3) is 0 Å². The van der Waals surface area contributed by atoms with Gasteiger partial charge in [-0.3, -0.25) is 0 Å². The van der Waals surface area contributed by atoms with Crippen LogP contribution in [0.1, 0.15) is 0 Å². The summed E-state index contributed by atoms with van der Waals surface area (Å²) < 4.78 is 2.01. The second kappa shape index (κ2) is 32.1. The molecule has 0 unspecified atom stereocenters. The number of halogens is 3. The van der Waals surface area contributed by atoms with E-state index in [1.165, 1.54) is 6.08 Å². The van der Waals surface area contributed by atoms with Crippen LogP contribution in [-0.2, 0) is 26.2 Å². The number of hydrogen-bond donors (Lipinski definition) is 0. The van der Waals surface area contributed by atoms with Gasteiger partial charge in [-0.05, 0) is 0 Å². The average Bonchev–Trinajstić information content (AvgIpc) is 1.41. The van der Waals surface area contributed by atoms with Crippen LogP contribution in [0.15, 0.2) is 15.9 Å². The van der Waals surface area contributed by atoms with Gasteiger partial charge in [-0.1, -0.05) is 0 Å². The van der Waals surface area contributed by atoms with Crippen LogP contribution in [0, 0.1) is 6.58 Å². The van der Waals surface area contributed by atoms with Crippen molar-refractivity contribution in [1.29, 1.82) is 0 Å². The molecule has 0 aliphatic carbocycles. The SMILES string of the molecule is [CH-]=CC=[CH][BiH].[Cl-].[Cl-].[Cl-].[Zr+4]. The Hall–Kier alpha value is 2.12. The molecule has 0 heterocycles. The van der Waals surface area contributed by atoms with Crippen molar-refractivity contribution in [1.82, 2.24) is 0 Å². The third kappa shape index (κ3) is 39.3. The third-order valence-electron chi connectivity index (χ3n) is 0.207. The van der Waals surface area contributed by atoms with Gasteiger partial charge < -0.3 is 37.2 Å². The molecular formula is C4H5BiCl3Zr. The van der Waals surface area contributed by atoms with Crippen LogP contribution >= 0.6 is 0 Å². The van der Waals surface area contributed by atoms with E-state index in [1.807, 2.05) is 9.86 Å². The van der Waals surface area contributed by atoms with Crippen LogP contribution in [0.4, 0.5) is 0 Å². The molecule has 0 rings (SSSR count). The van der Waals surface area contributed by atoms with Crippen LogP contribution < -0.4 is 37.2 Å². The first-order valence-electron chi connectivity index (χ1n) is 1.29. The summed E-state index contributed by atoms with van der Waals surface area (Å²) in [6.45, 7) is 4.95. The van der Waals surface area contributed by atoms with Gasteiger partial charge >= 0.3 is 73.4 Å². The molecule has 0 aliphatic heterocycles. The molecule has 0 bridgehead atoms. The Kier molecular flexibility index (Phi) is 109. The molecule has 5 heteroatoms. The molecule has 0 N–H and O–H groups in total. The van der Waals surface area contributed by atoms with Gasteiger partial charge in [0.2, 0.25) is 0 Å². The summed E-state index contributed by atoms with van der Waals surface area (Å²) in [7, 11) is 0. The van der Waals surface area contributed by atoms with Gasteiger partial charge in [-0.25, -0.2) is 0 Å². The molecule has 0 aromatic rings. The molecule has 0 aromatic carbocycles. The Morgan fingerprint density at radius 1 is 1.11 bits per heavy atom. The van der Waals surface area contributed by atoms with Crippen molar-refractivity contribution in [2.75, 3.05) is 0 Å². The van der Waals surface area contributed by atoms with E-state index in [2.05, 4.69) is 0 Å². The molecule has 0 aliphatic rings. The molecule has 0 atom stereocenters. The second-order valence-corrected chi connectivity index (χ2v) is 1.85. The van der Waals surface area contributed by atoms with E-state index >= 15 is 0 Å². The molecule has 0 amide bonds. The van der Waals surface area contributed by atoms with E-state index in [-0.39, 0.29) is 63.4 Å². The molecule has 1 radical (unpaired) electrons. The molecule has 51 valence electrons. The molecular weight excluding hydrogens is 455 g/mol. The first-order valence-corrected chi connectivity index (χ1v) is 3.53. The Labute approximate surface area is 109 Å². The van der Waals surface area contributed by atoms with E-state index in [0.717, 1.165) is 24.7 Å². The summed E-state index contributed by atoms with van der Waals surface area (Å²) in [6, 6.07) is 0. The van der Waals surface area contributed by atoms with Crippen molar-refractivity contribution in [3.8, 4) is 0 Å². The Morgan fingerprint density at radius 2 is 1.44 bits per heavy atom. The fourth-order valence-electron chi connectivity index (χ4n) is 0.0556. The van der Waals surface area contributed by atoms with Crippen LogP contribution in [0.3, 0.4) is 0 Å². The fraction of sp³-hybridized carbons (Fsp3) is 0. The monoisotopic (exact) mass is 457 g/mol. The predicted octanol–water partition coefficient (Wildman–Crippen LogP) is -8.60. The zero-order chi connectivity index (χ0) is 4.12. The van der Waals surface area contributed by atoms with Gasteiger partial charge in [0, 0.05) is 0 Å². The maximum atomic E-state index is 4.95. The minimum absolute atomic E-state index is 0. The quantitative estimate of drug-likeness (QED) is 0.208. The molecule has 0 spiro atoms. The van der Waals surface area contributed by atoms with E-state index in [1.54, 1.807) is 0 Å². The standard InChI is InChI=1S/C4H4.Bi.3ClH.Zr.H/c1-3-4-2;;;;;;/h1-4H;;3*1H;;/q-1;;;;;+4;/p-3. The van der Waals surface area contributed by atoms with E-state index < -0.39 is 0 Å². The summed E-state index contributed by atoms with van der Waals surface area (Å²) >= 11 is 1.11. The largest absolute Gasteiger partial charge is 4.00 e. The van der Waals surface area contributed by atoms with Gasteiger partial charge in [-0.15, -0.1) is 0 Å². The fourth-order valence-corrected chi connectivity index (χ4v) is 0.487. The Bertz CT molecular complexity index is 57.8. The predicted molar refractivity (Wildman–Crippen MR) is 25.2 cm³/mol. The van der Waals surface area contributed by atoms with Crippen LogP contribution in [0.5, 0.6) is 0 Å². The van der Waals surface area contributed by atoms with Crippen LogP contribution in [0.2, 0.25) is 0 Å². The van der Waals surface area contributed by atoms with E-state index in [4.69, 9.17) is 6.58 Å². The molecule has 0 fully saturated rings. The van der Waals surface area contributed by atoms with Crippen molar-refractivity contribution in [3.05, 3.63) is 22.5 Å². The minimum atomic E-state index is 0. The topological polar surface area (TPSA) is 0 Å². The summed E-state index contributed by atoms with van der Waals surface area (Å²) in [4.78, 5) is 0. The second-order valence-electron chi connectivity index (χ2n) is 0.552. The smallest absolute Gasteiger partial charge is 1.00 e. The van der Waals surface area contributed by atoms with Gasteiger partial charge in [-0.2, -0.15) is 0 Å². The number of allylic oxidation sites excluding steroid dienone is 2. The molecule has 0 aromatic heterocycles. The third-order valence-corrected chi connectivity index (χ3v) is 0.955. The zero-order valence-electron chi connectivity index (χ0n) is 4.44. The van der Waals surface area contributed by atoms with Crippen molar-refractivity contribution < 1.29 is 63.4 Å². The normalized spacial score (nSPS) is 5.00. The minimum Gasteiger partial charge on any atom is -1.00 e. The maximum Gasteiger partial charge on any atom is 4.00 e. The first-order chi connectivity index (χ1) is 2.41. The molecule has 0 saturated heterocycles. The van der Waals surface area contributed by atoms with Crippen molar-refractivity contribution in [2.45, 2.75) is 0 Å². The first kappa shape index (κ1) is 30.4. The van der Waals surface area contributed by atoms with E-state index in [9.17, 15) is 0 Å². The molecule has 0 saturated carbocycles. The zero-order valence-corrected chi connectivity index (χ0v) is 13.1. The van der Waals surface area contributed by atoms with E-state index in [0.29, 0.717) is 0 Å². The molecule has 0 nitrogen and oxygen atoms in total. The number of hydrogen-bond acceptors (Lipinski definition) is 0. The van der Waals surface area contributed by atoms with Gasteiger partial charge in [0.05, 0.1) is 0 Å². The van der Waals surface area contributed by atoms with Gasteiger partial charge in [0.15, 0.2) is 0 Å².